The number of aromatic nitrogens is 1. The number of carbonyl (C=O) groups is 1. The third-order valence-corrected chi connectivity index (χ3v) is 3.87. The predicted molar refractivity (Wildman–Crippen MR) is 73.9 cm³/mol. The summed E-state index contributed by atoms with van der Waals surface area (Å²) in [5.74, 6) is -3.03. The van der Waals surface area contributed by atoms with Gasteiger partial charge in [0.25, 0.3) is 5.91 Å². The summed E-state index contributed by atoms with van der Waals surface area (Å²) in [5.41, 5.74) is -0.218. The molecule has 2 aromatic heterocycles. The lowest BCUT2D eigenvalue weighted by Gasteiger charge is -2.03. The van der Waals surface area contributed by atoms with Crippen LogP contribution in [0.1, 0.15) is 9.67 Å². The van der Waals surface area contributed by atoms with E-state index in [4.69, 9.17) is 0 Å². The zero-order chi connectivity index (χ0) is 15.0. The van der Waals surface area contributed by atoms with Gasteiger partial charge in [0.2, 0.25) is 11.9 Å². The summed E-state index contributed by atoms with van der Waals surface area (Å²) in [5, 5.41) is 3.02. The molecule has 1 amide bonds. The van der Waals surface area contributed by atoms with Gasteiger partial charge in [0.05, 0.1) is 10.6 Å². The largest absolute Gasteiger partial charge is 0.317 e. The van der Waals surface area contributed by atoms with Gasteiger partial charge in [-0.15, -0.1) is 11.3 Å². The van der Waals surface area contributed by atoms with Crippen molar-refractivity contribution in [3.63, 3.8) is 0 Å². The Morgan fingerprint density at radius 2 is 1.90 bits per heavy atom. The molecule has 0 spiro atoms. The van der Waals surface area contributed by atoms with Crippen LogP contribution >= 0.6 is 11.3 Å². The Balaban J connectivity index is 1.89. The molecule has 0 atom stereocenters. The molecule has 2 heterocycles. The highest BCUT2D eigenvalue weighted by Gasteiger charge is 2.14. The van der Waals surface area contributed by atoms with Gasteiger partial charge < -0.3 is 5.32 Å². The zero-order valence-corrected chi connectivity index (χ0v) is 11.2. The zero-order valence-electron chi connectivity index (χ0n) is 10.4. The Bertz CT molecular complexity index is 847. The van der Waals surface area contributed by atoms with Crippen LogP contribution in [0.5, 0.6) is 0 Å². The summed E-state index contributed by atoms with van der Waals surface area (Å²) < 4.78 is 39.8. The van der Waals surface area contributed by atoms with Crippen molar-refractivity contribution in [3.8, 4) is 0 Å². The summed E-state index contributed by atoms with van der Waals surface area (Å²) in [6, 6.07) is 7.76. The Morgan fingerprint density at radius 3 is 2.67 bits per heavy atom. The fourth-order valence-corrected chi connectivity index (χ4v) is 2.79. The number of amides is 1. The number of carbonyl (C=O) groups excluding carboxylic acids is 1. The second kappa shape index (κ2) is 5.17. The summed E-state index contributed by atoms with van der Waals surface area (Å²) in [6.45, 7) is 0. The summed E-state index contributed by atoms with van der Waals surface area (Å²) in [7, 11) is 0. The van der Waals surface area contributed by atoms with Gasteiger partial charge >= 0.3 is 0 Å². The molecule has 0 fully saturated rings. The molecule has 0 unspecified atom stereocenters. The number of pyridine rings is 1. The van der Waals surface area contributed by atoms with Gasteiger partial charge in [-0.3, -0.25) is 4.79 Å². The molecule has 0 saturated heterocycles. The predicted octanol–water partition coefficient (Wildman–Crippen LogP) is 3.97. The van der Waals surface area contributed by atoms with Crippen LogP contribution < -0.4 is 5.32 Å². The number of anilines is 1. The molecule has 0 radical (unpaired) electrons. The van der Waals surface area contributed by atoms with Crippen molar-refractivity contribution in [3.05, 3.63) is 59.0 Å². The lowest BCUT2D eigenvalue weighted by atomic mass is 10.2. The lowest BCUT2D eigenvalue weighted by Crippen LogP contribution is -2.12. The van der Waals surface area contributed by atoms with E-state index >= 15 is 0 Å². The molecule has 0 aliphatic rings. The maximum Gasteiger partial charge on any atom is 0.265 e. The van der Waals surface area contributed by atoms with E-state index in [-0.39, 0.29) is 5.69 Å². The molecule has 0 aliphatic heterocycles. The highest BCUT2D eigenvalue weighted by Crippen LogP contribution is 2.27. The van der Waals surface area contributed by atoms with E-state index in [9.17, 15) is 18.0 Å². The third kappa shape index (κ3) is 2.73. The number of nitrogens with one attached hydrogen (secondary N) is 1. The fourth-order valence-electron chi connectivity index (χ4n) is 1.81. The molecule has 1 aromatic carbocycles. The van der Waals surface area contributed by atoms with E-state index in [1.165, 1.54) is 12.1 Å². The van der Waals surface area contributed by atoms with Crippen LogP contribution in [0, 0.1) is 17.7 Å². The maximum absolute atomic E-state index is 13.4. The monoisotopic (exact) mass is 308 g/mol. The van der Waals surface area contributed by atoms with Gasteiger partial charge in [-0.25, -0.2) is 4.39 Å². The number of halogens is 3. The van der Waals surface area contributed by atoms with Gasteiger partial charge in [-0.05, 0) is 35.7 Å². The molecule has 0 saturated carbocycles. The highest BCUT2D eigenvalue weighted by atomic mass is 32.1. The van der Waals surface area contributed by atoms with E-state index < -0.39 is 23.6 Å². The Labute approximate surface area is 121 Å². The summed E-state index contributed by atoms with van der Waals surface area (Å²) in [4.78, 5) is 15.3. The molecular weight excluding hydrogens is 301 g/mol. The first-order chi connectivity index (χ1) is 10.0. The van der Waals surface area contributed by atoms with E-state index in [1.54, 1.807) is 12.1 Å². The van der Waals surface area contributed by atoms with Crippen LogP contribution in [0.4, 0.5) is 18.9 Å². The van der Waals surface area contributed by atoms with Crippen molar-refractivity contribution in [2.75, 3.05) is 5.32 Å². The Morgan fingerprint density at radius 1 is 1.10 bits per heavy atom. The molecule has 3 aromatic rings. The minimum Gasteiger partial charge on any atom is -0.317 e. The van der Waals surface area contributed by atoms with E-state index in [0.717, 1.165) is 23.5 Å². The first-order valence-corrected chi connectivity index (χ1v) is 6.67. The second-order valence-electron chi connectivity index (χ2n) is 4.22. The van der Waals surface area contributed by atoms with Crippen LogP contribution in [0.2, 0.25) is 0 Å². The van der Waals surface area contributed by atoms with Crippen LogP contribution in [0.3, 0.4) is 0 Å². The van der Waals surface area contributed by atoms with Gasteiger partial charge in [0, 0.05) is 4.70 Å². The Kier molecular flexibility index (Phi) is 3.34. The normalized spacial score (nSPS) is 10.8. The fraction of sp³-hybridized carbons (Fsp3) is 0. The number of benzene rings is 1. The van der Waals surface area contributed by atoms with E-state index in [2.05, 4.69) is 10.3 Å². The summed E-state index contributed by atoms with van der Waals surface area (Å²) >= 11 is 1.08. The van der Waals surface area contributed by atoms with Gasteiger partial charge in [-0.2, -0.15) is 13.8 Å². The lowest BCUT2D eigenvalue weighted by molar-refractivity contribution is 0.103. The topological polar surface area (TPSA) is 42.0 Å². The van der Waals surface area contributed by atoms with Crippen LogP contribution in [0.25, 0.3) is 10.1 Å². The van der Waals surface area contributed by atoms with E-state index in [0.29, 0.717) is 15.0 Å². The van der Waals surface area contributed by atoms with Crippen molar-refractivity contribution in [2.45, 2.75) is 0 Å². The third-order valence-electron chi connectivity index (χ3n) is 2.77. The Hall–Kier alpha value is -2.41. The SMILES string of the molecule is O=C(Nc1ccc(F)nc1F)c1cc2ccc(F)cc2s1. The summed E-state index contributed by atoms with van der Waals surface area (Å²) in [6.07, 6.45) is 0. The molecule has 21 heavy (non-hydrogen) atoms. The molecule has 0 bridgehead atoms. The number of rotatable bonds is 2. The van der Waals surface area contributed by atoms with Crippen LogP contribution in [0.15, 0.2) is 36.4 Å². The van der Waals surface area contributed by atoms with Gasteiger partial charge in [0.15, 0.2) is 0 Å². The molecule has 3 rings (SSSR count). The number of hydrogen-bond acceptors (Lipinski definition) is 3. The van der Waals surface area contributed by atoms with Crippen LogP contribution in [-0.2, 0) is 0 Å². The van der Waals surface area contributed by atoms with Crippen LogP contribution in [-0.4, -0.2) is 10.9 Å². The quantitative estimate of drug-likeness (QED) is 0.728. The van der Waals surface area contributed by atoms with Gasteiger partial charge in [-0.1, -0.05) is 6.07 Å². The number of thiophene rings is 1. The number of hydrogen-bond donors (Lipinski definition) is 1. The average molecular weight is 308 g/mol. The highest BCUT2D eigenvalue weighted by molar-refractivity contribution is 7.20. The minimum absolute atomic E-state index is 0.218. The maximum atomic E-state index is 13.4. The minimum atomic E-state index is -1.10. The van der Waals surface area contributed by atoms with E-state index in [1.807, 2.05) is 0 Å². The van der Waals surface area contributed by atoms with Gasteiger partial charge in [0.1, 0.15) is 5.82 Å². The second-order valence-corrected chi connectivity index (χ2v) is 5.30. The number of fused-ring (bicyclic) bond motifs is 1. The smallest absolute Gasteiger partial charge is 0.265 e. The molecule has 0 aliphatic carbocycles. The van der Waals surface area contributed by atoms with Crippen molar-refractivity contribution < 1.29 is 18.0 Å². The first-order valence-electron chi connectivity index (χ1n) is 5.85. The number of nitrogens with zero attached hydrogens (tertiary/aromatic N) is 1. The molecule has 106 valence electrons. The van der Waals surface area contributed by atoms with Crippen molar-refractivity contribution >= 4 is 33.0 Å². The molecular formula is C14H7F3N2OS. The van der Waals surface area contributed by atoms with Crippen molar-refractivity contribution in [1.82, 2.24) is 4.98 Å². The first kappa shape index (κ1) is 13.6. The molecule has 3 nitrogen and oxygen atoms in total. The molecule has 7 heteroatoms. The molecule has 1 N–H and O–H groups in total. The van der Waals surface area contributed by atoms with Crippen molar-refractivity contribution in [1.29, 1.82) is 0 Å². The average Bonchev–Trinajstić information content (AvgIpc) is 2.85. The standard InChI is InChI=1S/C14H7F3N2OS/c15-8-2-1-7-5-11(21-10(7)6-8)14(20)18-9-3-4-12(16)19-13(9)17/h1-6H,(H,18,20). The van der Waals surface area contributed by atoms with Crippen molar-refractivity contribution in [2.24, 2.45) is 0 Å².